The summed E-state index contributed by atoms with van der Waals surface area (Å²) >= 11 is 0. The second-order valence-electron chi connectivity index (χ2n) is 3.69. The van der Waals surface area contributed by atoms with Gasteiger partial charge in [-0.15, -0.1) is 10.2 Å². The van der Waals surface area contributed by atoms with Gasteiger partial charge in [-0.25, -0.2) is 10.8 Å². The van der Waals surface area contributed by atoms with Gasteiger partial charge in [-0.1, -0.05) is 0 Å². The molecule has 0 fully saturated rings. The lowest BCUT2D eigenvalue weighted by atomic mass is 10.2. The van der Waals surface area contributed by atoms with Crippen molar-refractivity contribution in [1.82, 2.24) is 20.2 Å². The molecule has 0 atom stereocenters. The van der Waals surface area contributed by atoms with Gasteiger partial charge in [0.25, 0.3) is 0 Å². The van der Waals surface area contributed by atoms with Crippen LogP contribution in [-0.2, 0) is 0 Å². The molecule has 3 aromatic rings. The molecule has 3 rings (SSSR count). The molecule has 3 aromatic heterocycles. The predicted molar refractivity (Wildman–Crippen MR) is 68.6 cm³/mol. The van der Waals surface area contributed by atoms with Gasteiger partial charge in [0.2, 0.25) is 5.82 Å². The summed E-state index contributed by atoms with van der Waals surface area (Å²) in [7, 11) is 0. The standard InChI is InChI=1S/C12H10N6O/c13-16-12-10(8-3-5-14-6-4-8)17-18-11(15-12)9-2-1-7-19-9/h1-7H,13H2,(H,15,16,18). The molecule has 0 saturated heterocycles. The zero-order chi connectivity index (χ0) is 13.1. The molecule has 0 aliphatic carbocycles. The molecule has 0 aromatic carbocycles. The van der Waals surface area contributed by atoms with Gasteiger partial charge in [-0.05, 0) is 24.3 Å². The molecule has 7 nitrogen and oxygen atoms in total. The third kappa shape index (κ3) is 2.14. The van der Waals surface area contributed by atoms with E-state index in [4.69, 9.17) is 10.3 Å². The summed E-state index contributed by atoms with van der Waals surface area (Å²) in [6.45, 7) is 0. The Kier molecular flexibility index (Phi) is 2.87. The lowest BCUT2D eigenvalue weighted by Gasteiger charge is -2.06. The maximum Gasteiger partial charge on any atom is 0.219 e. The molecule has 7 heteroatoms. The molecule has 19 heavy (non-hydrogen) atoms. The van der Waals surface area contributed by atoms with E-state index in [0.29, 0.717) is 23.1 Å². The van der Waals surface area contributed by atoms with Crippen LogP contribution in [-0.4, -0.2) is 20.2 Å². The topological polar surface area (TPSA) is 103 Å². The maximum absolute atomic E-state index is 5.48. The molecule has 0 unspecified atom stereocenters. The van der Waals surface area contributed by atoms with Crippen LogP contribution in [0.2, 0.25) is 0 Å². The van der Waals surface area contributed by atoms with E-state index in [1.807, 2.05) is 0 Å². The number of rotatable bonds is 3. The molecule has 0 saturated carbocycles. The minimum absolute atomic E-state index is 0.371. The summed E-state index contributed by atoms with van der Waals surface area (Å²) in [6.07, 6.45) is 4.88. The fourth-order valence-corrected chi connectivity index (χ4v) is 1.64. The van der Waals surface area contributed by atoms with Gasteiger partial charge in [0.1, 0.15) is 5.69 Å². The van der Waals surface area contributed by atoms with E-state index in [9.17, 15) is 0 Å². The normalized spacial score (nSPS) is 10.4. The SMILES string of the molecule is NNc1nc(-c2ccco2)nnc1-c1ccncc1. The Bertz CT molecular complexity index is 668. The van der Waals surface area contributed by atoms with Crippen molar-refractivity contribution in [3.8, 4) is 22.8 Å². The van der Waals surface area contributed by atoms with E-state index in [-0.39, 0.29) is 0 Å². The summed E-state index contributed by atoms with van der Waals surface area (Å²) < 4.78 is 5.22. The molecule has 3 N–H and O–H groups in total. The van der Waals surface area contributed by atoms with Crippen molar-refractivity contribution in [3.63, 3.8) is 0 Å². The first kappa shape index (κ1) is 11.3. The highest BCUT2D eigenvalue weighted by Gasteiger charge is 2.12. The van der Waals surface area contributed by atoms with E-state index in [2.05, 4.69) is 25.6 Å². The Morgan fingerprint density at radius 2 is 1.95 bits per heavy atom. The minimum Gasteiger partial charge on any atom is -0.461 e. The second-order valence-corrected chi connectivity index (χ2v) is 3.69. The van der Waals surface area contributed by atoms with E-state index >= 15 is 0 Å². The number of furan rings is 1. The minimum atomic E-state index is 0.371. The first-order valence-corrected chi connectivity index (χ1v) is 5.54. The van der Waals surface area contributed by atoms with Gasteiger partial charge in [-0.3, -0.25) is 4.98 Å². The van der Waals surface area contributed by atoms with Gasteiger partial charge < -0.3 is 9.84 Å². The fourth-order valence-electron chi connectivity index (χ4n) is 1.64. The summed E-state index contributed by atoms with van der Waals surface area (Å²) in [5.74, 6) is 6.81. The van der Waals surface area contributed by atoms with E-state index in [1.165, 1.54) is 0 Å². The van der Waals surface area contributed by atoms with Gasteiger partial charge in [0.15, 0.2) is 11.6 Å². The molecule has 0 amide bonds. The Morgan fingerprint density at radius 3 is 2.63 bits per heavy atom. The zero-order valence-corrected chi connectivity index (χ0v) is 9.82. The number of aromatic nitrogens is 4. The molecule has 0 spiro atoms. The quantitative estimate of drug-likeness (QED) is 0.539. The van der Waals surface area contributed by atoms with E-state index < -0.39 is 0 Å². The third-order valence-corrected chi connectivity index (χ3v) is 2.52. The summed E-state index contributed by atoms with van der Waals surface area (Å²) in [6, 6.07) is 7.12. The molecule has 0 bridgehead atoms. The van der Waals surface area contributed by atoms with Crippen molar-refractivity contribution in [3.05, 3.63) is 42.9 Å². The van der Waals surface area contributed by atoms with Crippen molar-refractivity contribution in [2.24, 2.45) is 5.84 Å². The van der Waals surface area contributed by atoms with Crippen molar-refractivity contribution in [2.45, 2.75) is 0 Å². The van der Waals surface area contributed by atoms with Crippen LogP contribution in [0.5, 0.6) is 0 Å². The highest BCUT2D eigenvalue weighted by Crippen LogP contribution is 2.24. The number of anilines is 1. The third-order valence-electron chi connectivity index (χ3n) is 2.52. The molecule has 3 heterocycles. The summed E-state index contributed by atoms with van der Waals surface area (Å²) in [5, 5.41) is 8.17. The fraction of sp³-hybridized carbons (Fsp3) is 0. The first-order valence-electron chi connectivity index (χ1n) is 5.54. The number of pyridine rings is 1. The number of nitrogens with two attached hydrogens (primary N) is 1. The Labute approximate surface area is 108 Å². The van der Waals surface area contributed by atoms with E-state index in [1.54, 1.807) is 42.9 Å². The lowest BCUT2D eigenvalue weighted by Crippen LogP contribution is -2.12. The Morgan fingerprint density at radius 1 is 1.11 bits per heavy atom. The molecular formula is C12H10N6O. The molecule has 0 radical (unpaired) electrons. The number of hydrogen-bond donors (Lipinski definition) is 2. The smallest absolute Gasteiger partial charge is 0.219 e. The van der Waals surface area contributed by atoms with Gasteiger partial charge in [0.05, 0.1) is 6.26 Å². The lowest BCUT2D eigenvalue weighted by molar-refractivity contribution is 0.576. The van der Waals surface area contributed by atoms with Crippen molar-refractivity contribution < 1.29 is 4.42 Å². The molecule has 94 valence electrons. The highest BCUT2D eigenvalue weighted by atomic mass is 16.3. The Balaban J connectivity index is 2.08. The van der Waals surface area contributed by atoms with Gasteiger partial charge in [0, 0.05) is 18.0 Å². The van der Waals surface area contributed by atoms with Crippen LogP contribution in [0.25, 0.3) is 22.8 Å². The van der Waals surface area contributed by atoms with Crippen LogP contribution in [0.3, 0.4) is 0 Å². The van der Waals surface area contributed by atoms with E-state index in [0.717, 1.165) is 5.56 Å². The van der Waals surface area contributed by atoms with Gasteiger partial charge >= 0.3 is 0 Å². The van der Waals surface area contributed by atoms with Crippen molar-refractivity contribution >= 4 is 5.82 Å². The number of hydrogen-bond acceptors (Lipinski definition) is 7. The van der Waals surface area contributed by atoms with Crippen LogP contribution in [0.4, 0.5) is 5.82 Å². The van der Waals surface area contributed by atoms with Crippen molar-refractivity contribution in [1.29, 1.82) is 0 Å². The largest absolute Gasteiger partial charge is 0.461 e. The van der Waals surface area contributed by atoms with Crippen LogP contribution in [0.15, 0.2) is 47.3 Å². The number of nitrogens with one attached hydrogen (secondary N) is 1. The van der Waals surface area contributed by atoms with Gasteiger partial charge in [-0.2, -0.15) is 0 Å². The molecular weight excluding hydrogens is 244 g/mol. The summed E-state index contributed by atoms with van der Waals surface area (Å²) in [5.41, 5.74) is 3.90. The monoisotopic (exact) mass is 254 g/mol. The number of hydrazine groups is 1. The first-order chi connectivity index (χ1) is 9.38. The maximum atomic E-state index is 5.48. The average molecular weight is 254 g/mol. The summed E-state index contributed by atoms with van der Waals surface area (Å²) in [4.78, 5) is 8.24. The van der Waals surface area contributed by atoms with Crippen molar-refractivity contribution in [2.75, 3.05) is 5.43 Å². The average Bonchev–Trinajstić information content (AvgIpc) is 3.02. The second kappa shape index (κ2) is 4.83. The van der Waals surface area contributed by atoms with Crippen LogP contribution < -0.4 is 11.3 Å². The number of nitrogens with zero attached hydrogens (tertiary/aromatic N) is 4. The zero-order valence-electron chi connectivity index (χ0n) is 9.82. The van der Waals surface area contributed by atoms with Crippen LogP contribution >= 0.6 is 0 Å². The molecule has 0 aliphatic rings. The predicted octanol–water partition coefficient (Wildman–Crippen LogP) is 1.48. The Hall–Kier alpha value is -2.80. The highest BCUT2D eigenvalue weighted by molar-refractivity contribution is 5.71. The van der Waals surface area contributed by atoms with Crippen LogP contribution in [0, 0.1) is 0 Å². The van der Waals surface area contributed by atoms with Crippen LogP contribution in [0.1, 0.15) is 0 Å². The number of nitrogen functional groups attached to an aromatic ring is 1. The molecule has 0 aliphatic heterocycles.